The molecule has 0 bridgehead atoms. The van der Waals surface area contributed by atoms with Gasteiger partial charge in [0.15, 0.2) is 5.92 Å². The van der Waals surface area contributed by atoms with Gasteiger partial charge in [-0.05, 0) is 31.2 Å². The Morgan fingerprint density at radius 3 is 2.63 bits per heavy atom. The van der Waals surface area contributed by atoms with E-state index < -0.39 is 17.8 Å². The van der Waals surface area contributed by atoms with E-state index in [0.29, 0.717) is 11.4 Å². The minimum absolute atomic E-state index is 0.235. The quantitative estimate of drug-likeness (QED) is 0.604. The number of rotatable bonds is 4. The van der Waals surface area contributed by atoms with Gasteiger partial charge in [0.25, 0.3) is 5.91 Å². The average molecular weight is 262 g/mol. The maximum absolute atomic E-state index is 12.0. The van der Waals surface area contributed by atoms with E-state index in [0.717, 1.165) is 0 Å². The highest BCUT2D eigenvalue weighted by molar-refractivity contribution is 6.19. The molecule has 1 atom stereocenters. The second-order valence-corrected chi connectivity index (χ2v) is 3.84. The molecule has 0 fully saturated rings. The van der Waals surface area contributed by atoms with Crippen molar-refractivity contribution in [1.82, 2.24) is 0 Å². The third-order valence-electron chi connectivity index (χ3n) is 2.66. The molecule has 0 N–H and O–H groups in total. The van der Waals surface area contributed by atoms with E-state index in [1.165, 1.54) is 11.2 Å². The molecule has 1 amide bonds. The van der Waals surface area contributed by atoms with Crippen LogP contribution in [0.4, 0.5) is 5.69 Å². The van der Waals surface area contributed by atoms with Crippen molar-refractivity contribution in [2.24, 2.45) is 11.0 Å². The van der Waals surface area contributed by atoms with Crippen LogP contribution in [0.3, 0.4) is 0 Å². The van der Waals surface area contributed by atoms with E-state index in [2.05, 4.69) is 5.10 Å². The highest BCUT2D eigenvalue weighted by atomic mass is 16.5. The van der Waals surface area contributed by atoms with E-state index in [4.69, 9.17) is 9.47 Å². The molecule has 1 aromatic rings. The summed E-state index contributed by atoms with van der Waals surface area (Å²) < 4.78 is 9.85. The van der Waals surface area contributed by atoms with Gasteiger partial charge in [-0.25, -0.2) is 0 Å². The molecule has 6 heteroatoms. The van der Waals surface area contributed by atoms with Gasteiger partial charge in [0.05, 0.1) is 19.4 Å². The lowest BCUT2D eigenvalue weighted by Crippen LogP contribution is -2.32. The third-order valence-corrected chi connectivity index (χ3v) is 2.66. The molecular formula is C13H14N2O4. The van der Waals surface area contributed by atoms with E-state index >= 15 is 0 Å². The van der Waals surface area contributed by atoms with Crippen LogP contribution >= 0.6 is 0 Å². The van der Waals surface area contributed by atoms with Gasteiger partial charge < -0.3 is 9.47 Å². The fourth-order valence-corrected chi connectivity index (χ4v) is 1.70. The lowest BCUT2D eigenvalue weighted by molar-refractivity contribution is -0.147. The van der Waals surface area contributed by atoms with Gasteiger partial charge >= 0.3 is 5.97 Å². The number of esters is 1. The van der Waals surface area contributed by atoms with Gasteiger partial charge in [-0.2, -0.15) is 10.1 Å². The van der Waals surface area contributed by atoms with Gasteiger partial charge in [0, 0.05) is 6.21 Å². The van der Waals surface area contributed by atoms with Crippen molar-refractivity contribution < 1.29 is 19.1 Å². The van der Waals surface area contributed by atoms with Crippen molar-refractivity contribution >= 4 is 23.8 Å². The highest BCUT2D eigenvalue weighted by Crippen LogP contribution is 2.24. The molecule has 0 saturated heterocycles. The largest absolute Gasteiger partial charge is 0.497 e. The SMILES string of the molecule is CCOC(=O)C1C=NN(c2ccc(OC)cc2)C1=O. The number of benzene rings is 1. The Morgan fingerprint density at radius 2 is 2.05 bits per heavy atom. The molecule has 1 unspecified atom stereocenters. The summed E-state index contributed by atoms with van der Waals surface area (Å²) >= 11 is 0. The van der Waals surface area contributed by atoms with Crippen LogP contribution in [0.1, 0.15) is 6.92 Å². The first-order chi connectivity index (χ1) is 9.17. The molecule has 100 valence electrons. The zero-order valence-electron chi connectivity index (χ0n) is 10.7. The van der Waals surface area contributed by atoms with E-state index in [9.17, 15) is 9.59 Å². The fraction of sp³-hybridized carbons (Fsp3) is 0.308. The lowest BCUT2D eigenvalue weighted by atomic mass is 10.1. The van der Waals surface area contributed by atoms with Crippen LogP contribution in [0, 0.1) is 5.92 Å². The summed E-state index contributed by atoms with van der Waals surface area (Å²) in [6.07, 6.45) is 1.30. The first-order valence-electron chi connectivity index (χ1n) is 5.86. The van der Waals surface area contributed by atoms with Gasteiger partial charge in [-0.15, -0.1) is 0 Å². The number of hydrogen-bond donors (Lipinski definition) is 0. The third kappa shape index (κ3) is 2.57. The van der Waals surface area contributed by atoms with Crippen molar-refractivity contribution in [3.05, 3.63) is 24.3 Å². The topological polar surface area (TPSA) is 68.2 Å². The van der Waals surface area contributed by atoms with Crippen LogP contribution in [0.15, 0.2) is 29.4 Å². The highest BCUT2D eigenvalue weighted by Gasteiger charge is 2.36. The van der Waals surface area contributed by atoms with Crippen LogP contribution in [0.2, 0.25) is 0 Å². The Balaban J connectivity index is 2.13. The Labute approximate surface area is 110 Å². The predicted octanol–water partition coefficient (Wildman–Crippen LogP) is 1.21. The molecule has 0 saturated carbocycles. The second-order valence-electron chi connectivity index (χ2n) is 3.84. The lowest BCUT2D eigenvalue weighted by Gasteiger charge is -2.14. The molecule has 19 heavy (non-hydrogen) atoms. The van der Waals surface area contributed by atoms with Crippen molar-refractivity contribution in [3.8, 4) is 5.75 Å². The van der Waals surface area contributed by atoms with Crippen molar-refractivity contribution in [1.29, 1.82) is 0 Å². The summed E-state index contributed by atoms with van der Waals surface area (Å²) in [6.45, 7) is 1.93. The Kier molecular flexibility index (Phi) is 3.79. The first kappa shape index (κ1) is 13.1. The van der Waals surface area contributed by atoms with Crippen molar-refractivity contribution in [2.45, 2.75) is 6.92 Å². The van der Waals surface area contributed by atoms with E-state index in [1.54, 1.807) is 38.3 Å². The smallest absolute Gasteiger partial charge is 0.324 e. The second kappa shape index (κ2) is 5.51. The van der Waals surface area contributed by atoms with E-state index in [-0.39, 0.29) is 6.61 Å². The number of carbonyl (C=O) groups is 2. The molecule has 2 rings (SSSR count). The average Bonchev–Trinajstić information content (AvgIpc) is 2.81. The van der Waals surface area contributed by atoms with Crippen LogP contribution in [0.25, 0.3) is 0 Å². The molecule has 0 aromatic heterocycles. The summed E-state index contributed by atoms with van der Waals surface area (Å²) in [5, 5.41) is 5.13. The minimum atomic E-state index is -0.956. The number of hydrazone groups is 1. The number of ether oxygens (including phenoxy) is 2. The summed E-state index contributed by atoms with van der Waals surface area (Å²) in [6, 6.07) is 6.83. The number of amides is 1. The molecule has 1 aliphatic heterocycles. The zero-order valence-corrected chi connectivity index (χ0v) is 10.7. The van der Waals surface area contributed by atoms with Crippen LogP contribution in [0.5, 0.6) is 5.75 Å². The fourth-order valence-electron chi connectivity index (χ4n) is 1.70. The predicted molar refractivity (Wildman–Crippen MR) is 69.1 cm³/mol. The Morgan fingerprint density at radius 1 is 1.37 bits per heavy atom. The number of hydrogen-bond acceptors (Lipinski definition) is 5. The Hall–Kier alpha value is -2.37. The van der Waals surface area contributed by atoms with Gasteiger partial charge in [-0.1, -0.05) is 0 Å². The first-order valence-corrected chi connectivity index (χ1v) is 5.86. The van der Waals surface area contributed by atoms with Crippen molar-refractivity contribution in [2.75, 3.05) is 18.7 Å². The molecule has 1 aliphatic rings. The number of methoxy groups -OCH3 is 1. The van der Waals surface area contributed by atoms with Gasteiger partial charge in [0.2, 0.25) is 0 Å². The Bertz CT molecular complexity index is 510. The molecule has 6 nitrogen and oxygen atoms in total. The van der Waals surface area contributed by atoms with Crippen LogP contribution in [-0.2, 0) is 14.3 Å². The molecule has 1 heterocycles. The number of carbonyl (C=O) groups excluding carboxylic acids is 2. The standard InChI is InChI=1S/C13H14N2O4/c1-3-19-13(17)11-8-14-15(12(11)16)9-4-6-10(18-2)7-5-9/h4-8,11H,3H2,1-2H3. The molecule has 0 radical (unpaired) electrons. The summed E-state index contributed by atoms with van der Waals surface area (Å²) in [5.74, 6) is -1.26. The summed E-state index contributed by atoms with van der Waals surface area (Å²) in [7, 11) is 1.56. The maximum atomic E-state index is 12.0. The molecular weight excluding hydrogens is 248 g/mol. The molecule has 0 spiro atoms. The zero-order chi connectivity index (χ0) is 13.8. The summed E-state index contributed by atoms with van der Waals surface area (Å²) in [4.78, 5) is 23.6. The molecule has 0 aliphatic carbocycles. The summed E-state index contributed by atoms with van der Waals surface area (Å²) in [5.41, 5.74) is 0.578. The number of nitrogens with zero attached hydrogens (tertiary/aromatic N) is 2. The maximum Gasteiger partial charge on any atom is 0.324 e. The normalized spacial score (nSPS) is 17.7. The van der Waals surface area contributed by atoms with E-state index in [1.807, 2.05) is 0 Å². The monoisotopic (exact) mass is 262 g/mol. The number of anilines is 1. The van der Waals surface area contributed by atoms with Crippen molar-refractivity contribution in [3.63, 3.8) is 0 Å². The van der Waals surface area contributed by atoms with Gasteiger partial charge in [-0.3, -0.25) is 9.59 Å². The van der Waals surface area contributed by atoms with Crippen LogP contribution < -0.4 is 9.75 Å². The van der Waals surface area contributed by atoms with Gasteiger partial charge in [0.1, 0.15) is 5.75 Å². The minimum Gasteiger partial charge on any atom is -0.497 e. The molecule has 1 aromatic carbocycles. The van der Waals surface area contributed by atoms with Crippen LogP contribution in [-0.4, -0.2) is 31.8 Å².